The average molecular weight is 448 g/mol. The SMILES string of the molecule is O=C(CCN1Cc2ccccc2C1=O)N1CCC(c2cc(COc3ccccc3F)[nH]n2)C1. The summed E-state index contributed by atoms with van der Waals surface area (Å²) >= 11 is 0. The number of H-pyrrole nitrogens is 1. The van der Waals surface area contributed by atoms with E-state index in [0.717, 1.165) is 28.9 Å². The maximum atomic E-state index is 13.7. The topological polar surface area (TPSA) is 78.5 Å². The summed E-state index contributed by atoms with van der Waals surface area (Å²) in [5, 5.41) is 7.33. The van der Waals surface area contributed by atoms with Gasteiger partial charge in [0.05, 0.1) is 11.4 Å². The highest BCUT2D eigenvalue weighted by Crippen LogP contribution is 2.28. The van der Waals surface area contributed by atoms with Crippen molar-refractivity contribution in [2.45, 2.75) is 31.9 Å². The standard InChI is InChI=1S/C25H25FN4O3/c26-21-7-3-4-8-23(21)33-16-19-13-22(28-27-19)18-9-11-29(15-18)24(31)10-12-30-14-17-5-1-2-6-20(17)25(30)32/h1-8,13,18H,9-12,14-16H2,(H,27,28). The molecule has 0 saturated carbocycles. The minimum Gasteiger partial charge on any atom is -0.484 e. The number of halogens is 1. The van der Waals surface area contributed by atoms with Crippen LogP contribution in [0.2, 0.25) is 0 Å². The van der Waals surface area contributed by atoms with E-state index >= 15 is 0 Å². The Morgan fingerprint density at radius 3 is 2.85 bits per heavy atom. The molecule has 3 aromatic rings. The summed E-state index contributed by atoms with van der Waals surface area (Å²) < 4.78 is 19.2. The summed E-state index contributed by atoms with van der Waals surface area (Å²) in [4.78, 5) is 28.8. The summed E-state index contributed by atoms with van der Waals surface area (Å²) in [6.07, 6.45) is 1.15. The molecular formula is C25H25FN4O3. The van der Waals surface area contributed by atoms with Crippen LogP contribution in [0.4, 0.5) is 4.39 Å². The van der Waals surface area contributed by atoms with Gasteiger partial charge in [-0.15, -0.1) is 0 Å². The Bertz CT molecular complexity index is 1180. The third-order valence-corrected chi connectivity index (χ3v) is 6.32. The van der Waals surface area contributed by atoms with Crippen molar-refractivity contribution in [2.24, 2.45) is 0 Å². The summed E-state index contributed by atoms with van der Waals surface area (Å²) in [5.41, 5.74) is 3.39. The highest BCUT2D eigenvalue weighted by Gasteiger charge is 2.31. The number of hydrogen-bond acceptors (Lipinski definition) is 4. The molecule has 2 aliphatic rings. The van der Waals surface area contributed by atoms with E-state index < -0.39 is 5.82 Å². The number of carbonyl (C=O) groups is 2. The summed E-state index contributed by atoms with van der Waals surface area (Å²) in [7, 11) is 0. The Balaban J connectivity index is 1.11. The van der Waals surface area contributed by atoms with E-state index in [-0.39, 0.29) is 30.1 Å². The molecule has 33 heavy (non-hydrogen) atoms. The molecule has 1 N–H and O–H groups in total. The lowest BCUT2D eigenvalue weighted by Gasteiger charge is -2.19. The Morgan fingerprint density at radius 1 is 1.18 bits per heavy atom. The minimum atomic E-state index is -0.401. The van der Waals surface area contributed by atoms with Crippen molar-refractivity contribution in [3.8, 4) is 5.75 Å². The molecule has 1 saturated heterocycles. The molecule has 1 atom stereocenters. The van der Waals surface area contributed by atoms with Gasteiger partial charge < -0.3 is 14.5 Å². The lowest BCUT2D eigenvalue weighted by Crippen LogP contribution is -2.33. The van der Waals surface area contributed by atoms with Crippen LogP contribution in [0, 0.1) is 5.82 Å². The van der Waals surface area contributed by atoms with Gasteiger partial charge in [0.15, 0.2) is 11.6 Å². The van der Waals surface area contributed by atoms with Crippen LogP contribution in [0.1, 0.15) is 46.1 Å². The maximum absolute atomic E-state index is 13.7. The number of nitrogens with one attached hydrogen (secondary N) is 1. The Kier molecular flexibility index (Phi) is 5.81. The van der Waals surface area contributed by atoms with Gasteiger partial charge in [-0.1, -0.05) is 30.3 Å². The van der Waals surface area contributed by atoms with Crippen molar-refractivity contribution in [3.63, 3.8) is 0 Å². The Hall–Kier alpha value is -3.68. The minimum absolute atomic E-state index is 0.000599. The lowest BCUT2D eigenvalue weighted by molar-refractivity contribution is -0.130. The van der Waals surface area contributed by atoms with Gasteiger partial charge in [-0.2, -0.15) is 5.10 Å². The fraction of sp³-hybridized carbons (Fsp3) is 0.320. The molecule has 3 heterocycles. The van der Waals surface area contributed by atoms with E-state index in [0.29, 0.717) is 32.6 Å². The fourth-order valence-electron chi connectivity index (χ4n) is 4.49. The van der Waals surface area contributed by atoms with E-state index in [4.69, 9.17) is 4.74 Å². The van der Waals surface area contributed by atoms with Crippen LogP contribution >= 0.6 is 0 Å². The van der Waals surface area contributed by atoms with Crippen LogP contribution in [0.3, 0.4) is 0 Å². The van der Waals surface area contributed by atoms with Gasteiger partial charge >= 0.3 is 0 Å². The van der Waals surface area contributed by atoms with Gasteiger partial charge in [-0.3, -0.25) is 14.7 Å². The van der Waals surface area contributed by atoms with E-state index in [1.54, 1.807) is 23.1 Å². The highest BCUT2D eigenvalue weighted by atomic mass is 19.1. The van der Waals surface area contributed by atoms with Crippen molar-refractivity contribution < 1.29 is 18.7 Å². The first kappa shape index (κ1) is 21.2. The number of ether oxygens (including phenoxy) is 1. The van der Waals surface area contributed by atoms with E-state index in [9.17, 15) is 14.0 Å². The third kappa shape index (κ3) is 4.46. The molecule has 5 rings (SSSR count). The largest absolute Gasteiger partial charge is 0.484 e. The predicted octanol–water partition coefficient (Wildman–Crippen LogP) is 3.49. The number of benzene rings is 2. The van der Waals surface area contributed by atoms with Crippen molar-refractivity contribution in [3.05, 3.63) is 82.9 Å². The summed E-state index contributed by atoms with van der Waals surface area (Å²) in [5.74, 6) is -0.00287. The molecule has 0 bridgehead atoms. The van der Waals surface area contributed by atoms with E-state index in [1.165, 1.54) is 6.07 Å². The quantitative estimate of drug-likeness (QED) is 0.600. The molecule has 0 radical (unpaired) electrons. The highest BCUT2D eigenvalue weighted by molar-refractivity contribution is 5.98. The van der Waals surface area contributed by atoms with Gasteiger partial charge in [0, 0.05) is 44.1 Å². The molecule has 0 aliphatic carbocycles. The molecular weight excluding hydrogens is 423 g/mol. The molecule has 2 amide bonds. The Labute approximate surface area is 191 Å². The second kappa shape index (κ2) is 9.05. The molecule has 8 heteroatoms. The molecule has 2 aliphatic heterocycles. The number of hydrogen-bond donors (Lipinski definition) is 1. The zero-order valence-electron chi connectivity index (χ0n) is 18.2. The van der Waals surface area contributed by atoms with Crippen LogP contribution in [0.25, 0.3) is 0 Å². The van der Waals surface area contributed by atoms with Gasteiger partial charge in [0.2, 0.25) is 5.91 Å². The number of aromatic amines is 1. The zero-order chi connectivity index (χ0) is 22.8. The fourth-order valence-corrected chi connectivity index (χ4v) is 4.49. The Morgan fingerprint density at radius 2 is 2.00 bits per heavy atom. The lowest BCUT2D eigenvalue weighted by atomic mass is 10.1. The van der Waals surface area contributed by atoms with Crippen molar-refractivity contribution >= 4 is 11.8 Å². The molecule has 0 spiro atoms. The normalized spacial score (nSPS) is 17.5. The van der Waals surface area contributed by atoms with Crippen LogP contribution in [0.15, 0.2) is 54.6 Å². The van der Waals surface area contributed by atoms with Crippen LogP contribution in [0.5, 0.6) is 5.75 Å². The van der Waals surface area contributed by atoms with Crippen LogP contribution in [-0.2, 0) is 17.9 Å². The second-order valence-corrected chi connectivity index (χ2v) is 8.50. The number of rotatable bonds is 7. The van der Waals surface area contributed by atoms with Crippen molar-refractivity contribution in [2.75, 3.05) is 19.6 Å². The van der Waals surface area contributed by atoms with Gasteiger partial charge in [0.25, 0.3) is 5.91 Å². The second-order valence-electron chi connectivity index (χ2n) is 8.50. The molecule has 1 aromatic heterocycles. The van der Waals surface area contributed by atoms with E-state index in [2.05, 4.69) is 10.2 Å². The van der Waals surface area contributed by atoms with Gasteiger partial charge in [0.1, 0.15) is 6.61 Å². The van der Waals surface area contributed by atoms with E-state index in [1.807, 2.05) is 35.2 Å². The maximum Gasteiger partial charge on any atom is 0.254 e. The number of para-hydroxylation sites is 1. The molecule has 1 fully saturated rings. The van der Waals surface area contributed by atoms with Gasteiger partial charge in [-0.25, -0.2) is 4.39 Å². The number of likely N-dealkylation sites (tertiary alicyclic amines) is 1. The predicted molar refractivity (Wildman–Crippen MR) is 119 cm³/mol. The molecule has 2 aromatic carbocycles. The average Bonchev–Trinajstić information content (AvgIpc) is 3.56. The smallest absolute Gasteiger partial charge is 0.254 e. The first-order valence-electron chi connectivity index (χ1n) is 11.1. The number of amides is 2. The van der Waals surface area contributed by atoms with Crippen LogP contribution < -0.4 is 4.74 Å². The van der Waals surface area contributed by atoms with Crippen molar-refractivity contribution in [1.29, 1.82) is 0 Å². The first-order chi connectivity index (χ1) is 16.1. The third-order valence-electron chi connectivity index (χ3n) is 6.32. The zero-order valence-corrected chi connectivity index (χ0v) is 18.2. The summed E-state index contributed by atoms with van der Waals surface area (Å²) in [6, 6.07) is 15.8. The number of carbonyl (C=O) groups excluding carboxylic acids is 2. The number of aromatic nitrogens is 2. The van der Waals surface area contributed by atoms with Crippen LogP contribution in [-0.4, -0.2) is 51.4 Å². The van der Waals surface area contributed by atoms with Crippen molar-refractivity contribution in [1.82, 2.24) is 20.0 Å². The monoisotopic (exact) mass is 448 g/mol. The first-order valence-corrected chi connectivity index (χ1v) is 11.1. The molecule has 170 valence electrons. The molecule has 7 nitrogen and oxygen atoms in total. The number of fused-ring (bicyclic) bond motifs is 1. The molecule has 1 unspecified atom stereocenters. The number of nitrogens with zero attached hydrogens (tertiary/aromatic N) is 3. The summed E-state index contributed by atoms with van der Waals surface area (Å²) in [6.45, 7) is 2.45. The van der Waals surface area contributed by atoms with Gasteiger partial charge in [-0.05, 0) is 36.2 Å².